The van der Waals surface area contributed by atoms with Crippen molar-refractivity contribution in [2.24, 2.45) is 23.7 Å². The molecule has 39 heavy (non-hydrogen) atoms. The lowest BCUT2D eigenvalue weighted by Crippen LogP contribution is -2.62. The van der Waals surface area contributed by atoms with Gasteiger partial charge < -0.3 is 24.6 Å². The van der Waals surface area contributed by atoms with E-state index in [9.17, 15) is 24.6 Å². The second-order valence-electron chi connectivity index (χ2n) is 12.1. The van der Waals surface area contributed by atoms with Gasteiger partial charge in [-0.05, 0) is 80.4 Å². The van der Waals surface area contributed by atoms with E-state index in [1.165, 1.54) is 4.90 Å². The molecule has 0 aromatic heterocycles. The molecule has 2 heterocycles. The van der Waals surface area contributed by atoms with Gasteiger partial charge in [0.25, 0.3) is 5.91 Å². The Morgan fingerprint density at radius 2 is 1.87 bits per heavy atom. The Morgan fingerprint density at radius 1 is 1.15 bits per heavy atom. The van der Waals surface area contributed by atoms with Gasteiger partial charge in [-0.3, -0.25) is 9.59 Å². The fourth-order valence-electron chi connectivity index (χ4n) is 5.92. The molecule has 2 fully saturated rings. The first kappa shape index (κ1) is 31.1. The Kier molecular flexibility index (Phi) is 10.6. The predicted octanol–water partition coefficient (Wildman–Crippen LogP) is 4.64. The summed E-state index contributed by atoms with van der Waals surface area (Å²) in [4.78, 5) is 42.1. The van der Waals surface area contributed by atoms with Gasteiger partial charge in [0.1, 0.15) is 17.9 Å². The summed E-state index contributed by atoms with van der Waals surface area (Å²) in [7, 11) is 0. The number of hydrogen-bond acceptors (Lipinski definition) is 7. The second kappa shape index (κ2) is 13.3. The zero-order valence-electron chi connectivity index (χ0n) is 24.4. The van der Waals surface area contributed by atoms with Crippen LogP contribution in [0, 0.1) is 23.7 Å². The number of carbonyl (C=O) groups excluding carboxylic acids is 3. The highest BCUT2D eigenvalue weighted by atomic mass is 16.6. The number of benzene rings is 1. The average Bonchev–Trinajstić information content (AvgIpc) is 3.02. The molecule has 1 amide bonds. The molecular weight excluding hydrogens is 498 g/mol. The molecule has 8 nitrogen and oxygen atoms in total. The van der Waals surface area contributed by atoms with Crippen molar-refractivity contribution in [1.29, 1.82) is 0 Å². The van der Waals surface area contributed by atoms with Crippen LogP contribution in [-0.4, -0.2) is 63.4 Å². The van der Waals surface area contributed by atoms with Crippen molar-refractivity contribution in [2.45, 2.75) is 111 Å². The van der Waals surface area contributed by atoms with Crippen LogP contribution < -0.4 is 0 Å². The van der Waals surface area contributed by atoms with Crippen LogP contribution in [-0.2, 0) is 30.3 Å². The first-order valence-corrected chi connectivity index (χ1v) is 14.6. The van der Waals surface area contributed by atoms with Crippen LogP contribution in [0.5, 0.6) is 5.75 Å². The van der Waals surface area contributed by atoms with E-state index in [4.69, 9.17) is 9.47 Å². The molecule has 8 heteroatoms. The molecule has 3 rings (SSSR count). The number of Topliss-reactive ketones (excluding diaryl/α,β-unsaturated/α-hetero) is 1. The van der Waals surface area contributed by atoms with Crippen molar-refractivity contribution >= 4 is 17.7 Å². The highest BCUT2D eigenvalue weighted by Crippen LogP contribution is 2.34. The molecule has 2 N–H and O–H groups in total. The van der Waals surface area contributed by atoms with Crippen LogP contribution in [0.25, 0.3) is 0 Å². The molecule has 1 aromatic rings. The SMILES string of the molecule is CCC(Cc1cccc(O)c1)C(OC(=O)C1CCCCN1C(=O)C1(O)OC(C(C)C)CCC(C)C1=O)C(C)C. The second-order valence-corrected chi connectivity index (χ2v) is 12.1. The Bertz CT molecular complexity index is 1010. The summed E-state index contributed by atoms with van der Waals surface area (Å²) in [5.41, 5.74) is 0.957. The number of likely N-dealkylation sites (tertiary alicyclic amines) is 1. The quantitative estimate of drug-likeness (QED) is 0.343. The molecule has 2 aliphatic heterocycles. The number of piperidine rings is 1. The van der Waals surface area contributed by atoms with E-state index < -0.39 is 47.6 Å². The summed E-state index contributed by atoms with van der Waals surface area (Å²) in [5.74, 6) is -4.95. The van der Waals surface area contributed by atoms with Crippen molar-refractivity contribution in [3.8, 4) is 5.75 Å². The summed E-state index contributed by atoms with van der Waals surface area (Å²) in [5, 5.41) is 21.4. The molecule has 2 saturated heterocycles. The van der Waals surface area contributed by atoms with Gasteiger partial charge in [0.15, 0.2) is 0 Å². The van der Waals surface area contributed by atoms with E-state index >= 15 is 0 Å². The van der Waals surface area contributed by atoms with Gasteiger partial charge >= 0.3 is 11.8 Å². The van der Waals surface area contributed by atoms with Crippen LogP contribution >= 0.6 is 0 Å². The van der Waals surface area contributed by atoms with E-state index in [1.54, 1.807) is 25.1 Å². The number of phenols is 1. The molecule has 0 radical (unpaired) electrons. The molecular formula is C31H47NO7. The zero-order valence-corrected chi connectivity index (χ0v) is 24.4. The number of hydrogen-bond donors (Lipinski definition) is 2. The summed E-state index contributed by atoms with van der Waals surface area (Å²) in [6.45, 7) is 11.9. The maximum absolute atomic E-state index is 13.8. The lowest BCUT2D eigenvalue weighted by molar-refractivity contribution is -0.233. The third-order valence-corrected chi connectivity index (χ3v) is 8.36. The summed E-state index contributed by atoms with van der Waals surface area (Å²) < 4.78 is 12.0. The summed E-state index contributed by atoms with van der Waals surface area (Å²) >= 11 is 0. The molecule has 218 valence electrons. The van der Waals surface area contributed by atoms with Crippen molar-refractivity contribution in [1.82, 2.24) is 4.90 Å². The molecule has 1 aromatic carbocycles. The topological polar surface area (TPSA) is 113 Å². The van der Waals surface area contributed by atoms with Gasteiger partial charge in [-0.25, -0.2) is 4.79 Å². The van der Waals surface area contributed by atoms with Crippen molar-refractivity contribution < 1.29 is 34.1 Å². The Morgan fingerprint density at radius 3 is 2.49 bits per heavy atom. The van der Waals surface area contributed by atoms with Gasteiger partial charge in [-0.15, -0.1) is 0 Å². The smallest absolute Gasteiger partial charge is 0.329 e. The number of carbonyl (C=O) groups is 3. The van der Waals surface area contributed by atoms with Gasteiger partial charge in [0.05, 0.1) is 6.10 Å². The van der Waals surface area contributed by atoms with Crippen molar-refractivity contribution in [3.05, 3.63) is 29.8 Å². The Balaban J connectivity index is 1.83. The van der Waals surface area contributed by atoms with Crippen molar-refractivity contribution in [3.63, 3.8) is 0 Å². The summed E-state index contributed by atoms with van der Waals surface area (Å²) in [6, 6.07) is 6.19. The largest absolute Gasteiger partial charge is 0.508 e. The normalized spacial score (nSPS) is 27.8. The standard InChI is InChI=1S/C31H47NO7/c1-7-23(17-22-11-10-12-24(33)18-22)27(20(4)5)38-29(35)25-13-8-9-16-32(25)30(36)31(37)28(34)21(6)14-15-26(39-31)19(2)3/h10-12,18-21,23,25-27,33,37H,7-9,13-17H2,1-6H3. The molecule has 2 aliphatic rings. The number of phenolic OH excluding ortho intramolecular Hbond substituents is 1. The minimum Gasteiger partial charge on any atom is -0.508 e. The Labute approximate surface area is 233 Å². The maximum Gasteiger partial charge on any atom is 0.329 e. The average molecular weight is 546 g/mol. The predicted molar refractivity (Wildman–Crippen MR) is 148 cm³/mol. The van der Waals surface area contributed by atoms with Crippen LogP contribution in [0.15, 0.2) is 24.3 Å². The van der Waals surface area contributed by atoms with Gasteiger partial charge in [-0.1, -0.05) is 53.7 Å². The van der Waals surface area contributed by atoms with Crippen LogP contribution in [0.3, 0.4) is 0 Å². The van der Waals surface area contributed by atoms with Crippen LogP contribution in [0.4, 0.5) is 0 Å². The van der Waals surface area contributed by atoms with Gasteiger partial charge in [-0.2, -0.15) is 0 Å². The lowest BCUT2D eigenvalue weighted by atomic mass is 9.85. The van der Waals surface area contributed by atoms with Gasteiger partial charge in [0.2, 0.25) is 5.78 Å². The number of ether oxygens (including phenoxy) is 2. The number of esters is 1. The molecule has 0 saturated carbocycles. The highest BCUT2D eigenvalue weighted by molar-refractivity contribution is 6.09. The van der Waals surface area contributed by atoms with Crippen LogP contribution in [0.1, 0.15) is 85.6 Å². The molecule has 6 atom stereocenters. The number of ketones is 1. The first-order valence-electron chi connectivity index (χ1n) is 14.6. The van der Waals surface area contributed by atoms with E-state index in [0.717, 1.165) is 18.4 Å². The number of amides is 1. The number of aliphatic hydroxyl groups is 1. The van der Waals surface area contributed by atoms with E-state index in [1.807, 2.05) is 40.7 Å². The van der Waals surface area contributed by atoms with E-state index in [-0.39, 0.29) is 30.0 Å². The van der Waals surface area contributed by atoms with E-state index in [0.29, 0.717) is 32.1 Å². The fourth-order valence-corrected chi connectivity index (χ4v) is 5.92. The molecule has 0 bridgehead atoms. The summed E-state index contributed by atoms with van der Waals surface area (Å²) in [6.07, 6.45) is 3.41. The lowest BCUT2D eigenvalue weighted by Gasteiger charge is -2.40. The van der Waals surface area contributed by atoms with Crippen molar-refractivity contribution in [2.75, 3.05) is 6.54 Å². The Hall–Kier alpha value is -2.45. The minimum atomic E-state index is -2.61. The third-order valence-electron chi connectivity index (χ3n) is 8.36. The minimum absolute atomic E-state index is 0.00657. The van der Waals surface area contributed by atoms with Gasteiger partial charge in [0, 0.05) is 12.5 Å². The first-order chi connectivity index (χ1) is 18.4. The maximum atomic E-state index is 13.8. The number of aromatic hydroxyl groups is 1. The highest BCUT2D eigenvalue weighted by Gasteiger charge is 2.54. The third kappa shape index (κ3) is 7.20. The molecule has 0 aliphatic carbocycles. The monoisotopic (exact) mass is 545 g/mol. The zero-order chi connectivity index (χ0) is 28.9. The van der Waals surface area contributed by atoms with E-state index in [2.05, 4.69) is 0 Å². The molecule has 0 spiro atoms. The van der Waals surface area contributed by atoms with Crippen LogP contribution in [0.2, 0.25) is 0 Å². The number of nitrogens with zero attached hydrogens (tertiary/aromatic N) is 1. The number of rotatable bonds is 9. The molecule has 6 unspecified atom stereocenters. The fraction of sp³-hybridized carbons (Fsp3) is 0.710.